The largest absolute Gasteiger partial charge is 0.493 e. The fraction of sp³-hybridized carbons (Fsp3) is 0.579. The number of carbonyl (C=O) groups is 2. The molecule has 6 heteroatoms. The van der Waals surface area contributed by atoms with Crippen molar-refractivity contribution in [2.45, 2.75) is 39.0 Å². The van der Waals surface area contributed by atoms with Gasteiger partial charge in [0.15, 0.2) is 0 Å². The highest BCUT2D eigenvalue weighted by molar-refractivity contribution is 6.05. The van der Waals surface area contributed by atoms with Crippen LogP contribution in [0, 0.1) is 17.2 Å². The Balaban J connectivity index is 1.55. The van der Waals surface area contributed by atoms with Crippen LogP contribution in [0.25, 0.3) is 0 Å². The highest BCUT2D eigenvalue weighted by atomic mass is 19.1. The van der Waals surface area contributed by atoms with E-state index in [1.54, 1.807) is 11.0 Å². The topological polar surface area (TPSA) is 66.8 Å². The van der Waals surface area contributed by atoms with E-state index in [4.69, 9.17) is 4.74 Å². The Morgan fingerprint density at radius 1 is 1.32 bits per heavy atom. The molecule has 1 saturated heterocycles. The molecule has 1 aromatic carbocycles. The van der Waals surface area contributed by atoms with Crippen molar-refractivity contribution in [1.82, 2.24) is 4.90 Å². The second-order valence-electron chi connectivity index (χ2n) is 8.16. The van der Waals surface area contributed by atoms with Gasteiger partial charge in [0.1, 0.15) is 17.0 Å². The Morgan fingerprint density at radius 2 is 1.96 bits per heavy atom. The third kappa shape index (κ3) is 3.34. The molecule has 2 fully saturated rings. The zero-order valence-electron chi connectivity index (χ0n) is 14.8. The molecule has 0 radical (unpaired) electrons. The summed E-state index contributed by atoms with van der Waals surface area (Å²) in [5.41, 5.74) is -0.594. The number of rotatable bonds is 5. The highest BCUT2D eigenvalue weighted by Gasteiger charge is 2.59. The van der Waals surface area contributed by atoms with Crippen LogP contribution < -0.4 is 4.74 Å². The quantitative estimate of drug-likeness (QED) is 0.830. The molecular formula is C19H24FNO4. The number of nitrogens with zero attached hydrogens (tertiary/aromatic N) is 1. The SMILES string of the molecule is CC(C)(C)c1cc(F)ccc1OCC1CN(C(=O)C2(C(=O)O)CC2)C1. The van der Waals surface area contributed by atoms with Crippen LogP contribution in [0.4, 0.5) is 4.39 Å². The Labute approximate surface area is 146 Å². The molecule has 0 atom stereocenters. The monoisotopic (exact) mass is 349 g/mol. The summed E-state index contributed by atoms with van der Waals surface area (Å²) in [4.78, 5) is 25.1. The van der Waals surface area contributed by atoms with Crippen molar-refractivity contribution >= 4 is 11.9 Å². The van der Waals surface area contributed by atoms with Gasteiger partial charge in [-0.3, -0.25) is 9.59 Å². The van der Waals surface area contributed by atoms with Gasteiger partial charge in [0, 0.05) is 24.6 Å². The van der Waals surface area contributed by atoms with E-state index in [2.05, 4.69) is 0 Å². The molecule has 1 aliphatic carbocycles. The fourth-order valence-electron chi connectivity index (χ4n) is 3.21. The van der Waals surface area contributed by atoms with Crippen LogP contribution in [-0.4, -0.2) is 41.6 Å². The molecule has 0 bridgehead atoms. The number of carbonyl (C=O) groups excluding carboxylic acids is 1. The van der Waals surface area contributed by atoms with E-state index in [1.165, 1.54) is 12.1 Å². The number of likely N-dealkylation sites (tertiary alicyclic amines) is 1. The third-order valence-corrected chi connectivity index (χ3v) is 5.04. The van der Waals surface area contributed by atoms with E-state index >= 15 is 0 Å². The number of amides is 1. The molecule has 1 saturated carbocycles. The molecule has 1 N–H and O–H groups in total. The maximum atomic E-state index is 13.5. The first-order valence-electron chi connectivity index (χ1n) is 8.59. The van der Waals surface area contributed by atoms with Gasteiger partial charge in [-0.25, -0.2) is 4.39 Å². The molecule has 1 aliphatic heterocycles. The van der Waals surface area contributed by atoms with Gasteiger partial charge in [-0.1, -0.05) is 20.8 Å². The number of benzene rings is 1. The summed E-state index contributed by atoms with van der Waals surface area (Å²) in [7, 11) is 0. The molecule has 136 valence electrons. The van der Waals surface area contributed by atoms with Crippen molar-refractivity contribution in [3.63, 3.8) is 0 Å². The van der Waals surface area contributed by atoms with Gasteiger partial charge in [0.2, 0.25) is 5.91 Å². The third-order valence-electron chi connectivity index (χ3n) is 5.04. The van der Waals surface area contributed by atoms with E-state index in [0.29, 0.717) is 38.3 Å². The van der Waals surface area contributed by atoms with Crippen LogP contribution in [0.3, 0.4) is 0 Å². The van der Waals surface area contributed by atoms with Crippen molar-refractivity contribution in [1.29, 1.82) is 0 Å². The summed E-state index contributed by atoms with van der Waals surface area (Å²) in [6.07, 6.45) is 0.868. The lowest BCUT2D eigenvalue weighted by Gasteiger charge is -2.40. The lowest BCUT2D eigenvalue weighted by atomic mass is 9.86. The molecule has 3 rings (SSSR count). The van der Waals surface area contributed by atoms with Crippen molar-refractivity contribution in [2.75, 3.05) is 19.7 Å². The molecule has 0 spiro atoms. The van der Waals surface area contributed by atoms with Gasteiger partial charge in [0.05, 0.1) is 6.61 Å². The average molecular weight is 349 g/mol. The summed E-state index contributed by atoms with van der Waals surface area (Å²) >= 11 is 0. The van der Waals surface area contributed by atoms with Crippen molar-refractivity contribution in [2.24, 2.45) is 11.3 Å². The van der Waals surface area contributed by atoms with Crippen molar-refractivity contribution in [3.8, 4) is 5.75 Å². The number of aliphatic carboxylic acids is 1. The average Bonchev–Trinajstić information content (AvgIpc) is 3.27. The van der Waals surface area contributed by atoms with Gasteiger partial charge in [-0.2, -0.15) is 0 Å². The van der Waals surface area contributed by atoms with Crippen LogP contribution >= 0.6 is 0 Å². The maximum Gasteiger partial charge on any atom is 0.319 e. The molecule has 1 aromatic rings. The normalized spacial score (nSPS) is 19.3. The van der Waals surface area contributed by atoms with E-state index < -0.39 is 11.4 Å². The second-order valence-corrected chi connectivity index (χ2v) is 8.16. The Hall–Kier alpha value is -2.11. The first kappa shape index (κ1) is 17.7. The molecule has 0 unspecified atom stereocenters. The van der Waals surface area contributed by atoms with Gasteiger partial charge in [-0.15, -0.1) is 0 Å². The number of ether oxygens (including phenoxy) is 1. The minimum Gasteiger partial charge on any atom is -0.493 e. The smallest absolute Gasteiger partial charge is 0.319 e. The van der Waals surface area contributed by atoms with Gasteiger partial charge in [0.25, 0.3) is 0 Å². The molecular weight excluding hydrogens is 325 g/mol. The number of halogens is 1. The number of hydrogen-bond donors (Lipinski definition) is 1. The van der Waals surface area contributed by atoms with E-state index in [-0.39, 0.29) is 23.1 Å². The molecule has 1 amide bonds. The molecule has 2 aliphatic rings. The standard InChI is InChI=1S/C19H24FNO4/c1-18(2,3)14-8-13(20)4-5-15(14)25-11-12-9-21(10-12)16(22)19(6-7-19)17(23)24/h4-5,8,12H,6-7,9-11H2,1-3H3,(H,23,24). The predicted octanol–water partition coefficient (Wildman–Crippen LogP) is 2.83. The summed E-state index contributed by atoms with van der Waals surface area (Å²) in [5, 5.41) is 9.19. The zero-order valence-corrected chi connectivity index (χ0v) is 14.8. The minimum absolute atomic E-state index is 0.173. The highest BCUT2D eigenvalue weighted by Crippen LogP contribution is 2.48. The first-order chi connectivity index (χ1) is 11.6. The van der Waals surface area contributed by atoms with E-state index in [0.717, 1.165) is 5.56 Å². The lowest BCUT2D eigenvalue weighted by molar-refractivity contribution is -0.157. The van der Waals surface area contributed by atoms with E-state index in [9.17, 15) is 19.1 Å². The first-order valence-corrected chi connectivity index (χ1v) is 8.59. The van der Waals surface area contributed by atoms with Crippen molar-refractivity contribution in [3.05, 3.63) is 29.6 Å². The zero-order chi connectivity index (χ0) is 18.4. The molecule has 1 heterocycles. The Bertz CT molecular complexity index is 700. The van der Waals surface area contributed by atoms with Crippen molar-refractivity contribution < 1.29 is 23.8 Å². The molecule has 5 nitrogen and oxygen atoms in total. The number of carboxylic acids is 1. The fourth-order valence-corrected chi connectivity index (χ4v) is 3.21. The lowest BCUT2D eigenvalue weighted by Crippen LogP contribution is -2.55. The van der Waals surface area contributed by atoms with Gasteiger partial charge in [-0.05, 0) is 36.5 Å². The number of hydrogen-bond acceptors (Lipinski definition) is 3. The second kappa shape index (κ2) is 6.00. The minimum atomic E-state index is -1.16. The summed E-state index contributed by atoms with van der Waals surface area (Å²) in [5.74, 6) is -0.748. The van der Waals surface area contributed by atoms with Crippen LogP contribution in [0.1, 0.15) is 39.2 Å². The molecule has 25 heavy (non-hydrogen) atoms. The van der Waals surface area contributed by atoms with Gasteiger partial charge >= 0.3 is 5.97 Å². The van der Waals surface area contributed by atoms with Gasteiger partial charge < -0.3 is 14.7 Å². The molecule has 0 aromatic heterocycles. The van der Waals surface area contributed by atoms with Crippen LogP contribution in [-0.2, 0) is 15.0 Å². The Kier molecular flexibility index (Phi) is 4.25. The van der Waals surface area contributed by atoms with Crippen LogP contribution in [0.15, 0.2) is 18.2 Å². The number of carboxylic acid groups (broad SMARTS) is 1. The van der Waals surface area contributed by atoms with Crippen LogP contribution in [0.5, 0.6) is 5.75 Å². The summed E-state index contributed by atoms with van der Waals surface area (Å²) in [6, 6.07) is 4.52. The summed E-state index contributed by atoms with van der Waals surface area (Å²) in [6.45, 7) is 7.45. The van der Waals surface area contributed by atoms with E-state index in [1.807, 2.05) is 20.8 Å². The van der Waals surface area contributed by atoms with Crippen LogP contribution in [0.2, 0.25) is 0 Å². The summed E-state index contributed by atoms with van der Waals surface area (Å²) < 4.78 is 19.4. The maximum absolute atomic E-state index is 13.5. The predicted molar refractivity (Wildman–Crippen MR) is 90.0 cm³/mol. The Morgan fingerprint density at radius 3 is 2.48 bits per heavy atom.